The van der Waals surface area contributed by atoms with Crippen molar-refractivity contribution < 1.29 is 37.9 Å². The molecular weight excluding hydrogens is 663 g/mol. The minimum atomic E-state index is -4.75. The Kier molecular flexibility index (Phi) is 37.6. The molecule has 1 unspecified atom stereocenters. The monoisotopic (exact) mass is 745 g/mol. The van der Waals surface area contributed by atoms with Crippen LogP contribution >= 0.6 is 7.82 Å². The highest BCUT2D eigenvalue weighted by atomic mass is 31.2. The van der Waals surface area contributed by atoms with Crippen LogP contribution in [0.3, 0.4) is 0 Å². The van der Waals surface area contributed by atoms with E-state index in [2.05, 4.69) is 30.5 Å². The van der Waals surface area contributed by atoms with Gasteiger partial charge in [-0.2, -0.15) is 0 Å². The highest BCUT2D eigenvalue weighted by Crippen LogP contribution is 2.36. The van der Waals surface area contributed by atoms with E-state index in [1.54, 1.807) is 0 Å². The molecule has 0 aliphatic heterocycles. The van der Waals surface area contributed by atoms with E-state index in [1.165, 1.54) is 141 Å². The first kappa shape index (κ1) is 49.8. The van der Waals surface area contributed by atoms with Crippen LogP contribution in [0.4, 0.5) is 0 Å². The van der Waals surface area contributed by atoms with Crippen molar-refractivity contribution in [1.29, 1.82) is 0 Å². The highest BCUT2D eigenvalue weighted by Gasteiger charge is 2.22. The van der Waals surface area contributed by atoms with E-state index in [0.717, 1.165) is 51.4 Å². The number of allylic oxidation sites excluding steroid dienone is 2. The third-order valence-corrected chi connectivity index (χ3v) is 10.0. The van der Waals surface area contributed by atoms with Crippen LogP contribution in [-0.2, 0) is 28.2 Å². The molecule has 0 heterocycles. The van der Waals surface area contributed by atoms with Crippen LogP contribution in [0, 0.1) is 0 Å². The molecule has 0 bridgehead atoms. The van der Waals surface area contributed by atoms with Gasteiger partial charge >= 0.3 is 19.8 Å². The van der Waals surface area contributed by atoms with E-state index in [9.17, 15) is 14.2 Å². The molecule has 1 atom stereocenters. The molecular formula is C42H81O8P. The summed E-state index contributed by atoms with van der Waals surface area (Å²) in [6.45, 7) is 3.69. The van der Waals surface area contributed by atoms with Gasteiger partial charge in [-0.05, 0) is 38.5 Å². The lowest BCUT2D eigenvalue weighted by Crippen LogP contribution is -2.29. The number of esters is 2. The number of unbranched alkanes of at least 4 members (excludes halogenated alkanes) is 28. The van der Waals surface area contributed by atoms with Gasteiger partial charge < -0.3 is 19.3 Å². The number of rotatable bonds is 40. The van der Waals surface area contributed by atoms with Crippen molar-refractivity contribution in [3.8, 4) is 0 Å². The molecule has 0 amide bonds. The van der Waals surface area contributed by atoms with Crippen molar-refractivity contribution in [2.75, 3.05) is 13.2 Å². The molecule has 0 aromatic rings. The van der Waals surface area contributed by atoms with Gasteiger partial charge in [0.25, 0.3) is 0 Å². The summed E-state index contributed by atoms with van der Waals surface area (Å²) >= 11 is 0. The molecule has 8 nitrogen and oxygen atoms in total. The van der Waals surface area contributed by atoms with Crippen LogP contribution in [-0.4, -0.2) is 41.0 Å². The predicted molar refractivity (Wildman–Crippen MR) is 212 cm³/mol. The van der Waals surface area contributed by atoms with Gasteiger partial charge in [0.2, 0.25) is 0 Å². The molecule has 0 saturated heterocycles. The zero-order chi connectivity index (χ0) is 37.5. The summed E-state index contributed by atoms with van der Waals surface area (Å²) in [6, 6.07) is 0. The third-order valence-electron chi connectivity index (χ3n) is 9.53. The highest BCUT2D eigenvalue weighted by molar-refractivity contribution is 7.46. The number of ether oxygens (including phenoxy) is 2. The first-order chi connectivity index (χ1) is 24.8. The molecule has 0 aromatic carbocycles. The van der Waals surface area contributed by atoms with Crippen LogP contribution in [0.25, 0.3) is 0 Å². The topological polar surface area (TPSA) is 119 Å². The molecule has 0 spiro atoms. The van der Waals surface area contributed by atoms with Crippen LogP contribution in [0.2, 0.25) is 0 Å². The first-order valence-corrected chi connectivity index (χ1v) is 23.0. The molecule has 2 N–H and O–H groups in total. The van der Waals surface area contributed by atoms with Gasteiger partial charge in [0, 0.05) is 12.8 Å². The Morgan fingerprint density at radius 1 is 0.490 bits per heavy atom. The third kappa shape index (κ3) is 41.4. The van der Waals surface area contributed by atoms with Gasteiger partial charge in [-0.3, -0.25) is 14.1 Å². The molecule has 0 aliphatic rings. The average Bonchev–Trinajstić information content (AvgIpc) is 3.10. The Morgan fingerprint density at radius 3 is 1.22 bits per heavy atom. The van der Waals surface area contributed by atoms with Crippen LogP contribution in [0.1, 0.15) is 226 Å². The molecule has 9 heteroatoms. The lowest BCUT2D eigenvalue weighted by Gasteiger charge is -2.18. The quantitative estimate of drug-likeness (QED) is 0.0275. The van der Waals surface area contributed by atoms with Gasteiger partial charge in [0.05, 0.1) is 6.61 Å². The Hall–Kier alpha value is -1.21. The fourth-order valence-corrected chi connectivity index (χ4v) is 6.67. The minimum absolute atomic E-state index is 0.206. The van der Waals surface area contributed by atoms with Crippen LogP contribution < -0.4 is 0 Å². The SMILES string of the molecule is CCCCCC/C=C\CCCCCCCC(=O)OC(COC(=O)CCCCCCCCCCCCCCCCCCCCCC)COP(=O)(O)O. The van der Waals surface area contributed by atoms with Gasteiger partial charge in [0.1, 0.15) is 6.61 Å². The molecule has 0 aliphatic carbocycles. The molecule has 0 saturated carbocycles. The van der Waals surface area contributed by atoms with Gasteiger partial charge in [-0.25, -0.2) is 4.57 Å². The van der Waals surface area contributed by atoms with Crippen molar-refractivity contribution in [2.24, 2.45) is 0 Å². The maximum Gasteiger partial charge on any atom is 0.469 e. The van der Waals surface area contributed by atoms with Crippen molar-refractivity contribution in [2.45, 2.75) is 232 Å². The second-order valence-electron chi connectivity index (χ2n) is 14.7. The Morgan fingerprint density at radius 2 is 0.824 bits per heavy atom. The zero-order valence-electron chi connectivity index (χ0n) is 33.3. The van der Waals surface area contributed by atoms with Crippen molar-refractivity contribution in [3.63, 3.8) is 0 Å². The standard InChI is InChI=1S/C42H81O8P/c1-3-5-7-9-11-13-15-17-18-19-20-21-22-23-25-26-28-30-32-34-36-41(43)48-38-40(39-49-51(45,46)47)50-42(44)37-35-33-31-29-27-24-16-14-12-10-8-6-4-2/h14,16,40H,3-13,15,17-39H2,1-2H3,(H2,45,46,47)/b16-14-. The number of phosphoric acid groups is 1. The lowest BCUT2D eigenvalue weighted by atomic mass is 10.0. The van der Waals surface area contributed by atoms with Crippen molar-refractivity contribution in [1.82, 2.24) is 0 Å². The lowest BCUT2D eigenvalue weighted by molar-refractivity contribution is -0.161. The van der Waals surface area contributed by atoms with E-state index in [-0.39, 0.29) is 19.4 Å². The molecule has 0 radical (unpaired) electrons. The first-order valence-electron chi connectivity index (χ1n) is 21.5. The second-order valence-corrected chi connectivity index (χ2v) is 15.9. The van der Waals surface area contributed by atoms with Gasteiger partial charge in [0.15, 0.2) is 6.10 Å². The summed E-state index contributed by atoms with van der Waals surface area (Å²) in [6.07, 6.45) is 42.2. The van der Waals surface area contributed by atoms with Crippen molar-refractivity contribution in [3.05, 3.63) is 12.2 Å². The number of hydrogen-bond donors (Lipinski definition) is 2. The summed E-state index contributed by atoms with van der Waals surface area (Å²) < 4.78 is 26.4. The molecule has 0 rings (SSSR count). The summed E-state index contributed by atoms with van der Waals surface area (Å²) in [5, 5.41) is 0. The zero-order valence-corrected chi connectivity index (χ0v) is 34.2. The second kappa shape index (κ2) is 38.5. The van der Waals surface area contributed by atoms with E-state index >= 15 is 0 Å². The van der Waals surface area contributed by atoms with E-state index in [0.29, 0.717) is 6.42 Å². The van der Waals surface area contributed by atoms with E-state index in [1.807, 2.05) is 0 Å². The van der Waals surface area contributed by atoms with E-state index in [4.69, 9.17) is 19.3 Å². The summed E-state index contributed by atoms with van der Waals surface area (Å²) in [7, 11) is -4.75. The minimum Gasteiger partial charge on any atom is -0.462 e. The van der Waals surface area contributed by atoms with Crippen LogP contribution in [0.5, 0.6) is 0 Å². The number of carbonyl (C=O) groups excluding carboxylic acids is 2. The Bertz CT molecular complexity index is 843. The fraction of sp³-hybridized carbons (Fsp3) is 0.905. The maximum atomic E-state index is 12.4. The smallest absolute Gasteiger partial charge is 0.462 e. The Balaban J connectivity index is 3.83. The fourth-order valence-electron chi connectivity index (χ4n) is 6.31. The summed E-state index contributed by atoms with van der Waals surface area (Å²) in [5.74, 6) is -0.883. The van der Waals surface area contributed by atoms with Gasteiger partial charge in [-0.1, -0.05) is 187 Å². The average molecular weight is 745 g/mol. The molecule has 51 heavy (non-hydrogen) atoms. The summed E-state index contributed by atoms with van der Waals surface area (Å²) in [4.78, 5) is 42.8. The number of phosphoric ester groups is 1. The van der Waals surface area contributed by atoms with Gasteiger partial charge in [-0.15, -0.1) is 0 Å². The number of carbonyl (C=O) groups is 2. The predicted octanol–water partition coefficient (Wildman–Crippen LogP) is 13.0. The number of hydrogen-bond acceptors (Lipinski definition) is 6. The van der Waals surface area contributed by atoms with Crippen LogP contribution in [0.15, 0.2) is 12.2 Å². The molecule has 302 valence electrons. The largest absolute Gasteiger partial charge is 0.469 e. The van der Waals surface area contributed by atoms with E-state index < -0.39 is 32.5 Å². The molecule has 0 aromatic heterocycles. The summed E-state index contributed by atoms with van der Waals surface area (Å²) in [5.41, 5.74) is 0. The maximum absolute atomic E-state index is 12.4. The Labute approximate surface area is 314 Å². The molecule has 0 fully saturated rings. The van der Waals surface area contributed by atoms with Crippen molar-refractivity contribution >= 4 is 19.8 Å². The normalized spacial score (nSPS) is 12.5.